The van der Waals surface area contributed by atoms with Crippen LogP contribution in [0.4, 0.5) is 0 Å². The fraction of sp³-hybridized carbons (Fsp3) is 0.778. The minimum Gasteiger partial charge on any atom is -0.370 e. The van der Waals surface area contributed by atoms with E-state index in [1.54, 1.807) is 0 Å². The minimum atomic E-state index is -0.353. The molecular formula is C9H16N2O2. The molecule has 0 saturated carbocycles. The zero-order valence-electron chi connectivity index (χ0n) is 8.19. The lowest BCUT2D eigenvalue weighted by Crippen LogP contribution is -2.23. The lowest BCUT2D eigenvalue weighted by molar-refractivity contribution is -0.404. The Kier molecular flexibility index (Phi) is 3.28. The summed E-state index contributed by atoms with van der Waals surface area (Å²) in [6.45, 7) is 6.15. The van der Waals surface area contributed by atoms with Crippen LogP contribution in [0, 0.1) is 16.0 Å². The summed E-state index contributed by atoms with van der Waals surface area (Å²) in [7, 11) is 0. The molecule has 0 aromatic heterocycles. The Labute approximate surface area is 78.4 Å². The molecule has 1 heterocycles. The smallest absolute Gasteiger partial charge is 0.253 e. The normalized spacial score (nSPS) is 20.2. The molecule has 0 bridgehead atoms. The number of likely N-dealkylation sites (tertiary alicyclic amines) is 1. The zero-order chi connectivity index (χ0) is 9.84. The Morgan fingerprint density at radius 2 is 2.38 bits per heavy atom. The van der Waals surface area contributed by atoms with Gasteiger partial charge in [0.25, 0.3) is 6.20 Å². The monoisotopic (exact) mass is 184 g/mol. The molecule has 4 heteroatoms. The second-order valence-electron chi connectivity index (χ2n) is 3.85. The van der Waals surface area contributed by atoms with Gasteiger partial charge in [0.2, 0.25) is 0 Å². The lowest BCUT2D eigenvalue weighted by Gasteiger charge is -2.20. The van der Waals surface area contributed by atoms with Gasteiger partial charge in [-0.05, 0) is 18.8 Å². The molecule has 1 saturated heterocycles. The summed E-state index contributed by atoms with van der Waals surface area (Å²) < 4.78 is 0. The summed E-state index contributed by atoms with van der Waals surface area (Å²) in [6, 6.07) is 0. The molecule has 1 fully saturated rings. The second-order valence-corrected chi connectivity index (χ2v) is 3.85. The van der Waals surface area contributed by atoms with E-state index in [0.717, 1.165) is 37.8 Å². The van der Waals surface area contributed by atoms with Crippen LogP contribution in [-0.4, -0.2) is 22.9 Å². The van der Waals surface area contributed by atoms with Gasteiger partial charge >= 0.3 is 0 Å². The van der Waals surface area contributed by atoms with Gasteiger partial charge in [-0.3, -0.25) is 10.1 Å². The van der Waals surface area contributed by atoms with Crippen LogP contribution < -0.4 is 0 Å². The molecule has 0 atom stereocenters. The Hall–Kier alpha value is -1.06. The maximum absolute atomic E-state index is 10.3. The highest BCUT2D eigenvalue weighted by atomic mass is 16.6. The molecule has 74 valence electrons. The summed E-state index contributed by atoms with van der Waals surface area (Å²) in [4.78, 5) is 12.1. The van der Waals surface area contributed by atoms with Crippen molar-refractivity contribution >= 4 is 0 Å². The number of allylic oxidation sites excluding steroid dienone is 1. The molecule has 4 nitrogen and oxygen atoms in total. The topological polar surface area (TPSA) is 46.4 Å². The maximum Gasteiger partial charge on any atom is 0.253 e. The van der Waals surface area contributed by atoms with Gasteiger partial charge in [0, 0.05) is 13.1 Å². The van der Waals surface area contributed by atoms with Crippen molar-refractivity contribution in [3.63, 3.8) is 0 Å². The predicted molar refractivity (Wildman–Crippen MR) is 50.7 cm³/mol. The Morgan fingerprint density at radius 1 is 1.69 bits per heavy atom. The number of nitrogens with zero attached hydrogens (tertiary/aromatic N) is 2. The van der Waals surface area contributed by atoms with Crippen molar-refractivity contribution in [2.24, 2.45) is 5.92 Å². The van der Waals surface area contributed by atoms with Crippen LogP contribution in [0.5, 0.6) is 0 Å². The highest BCUT2D eigenvalue weighted by molar-refractivity contribution is 5.02. The van der Waals surface area contributed by atoms with Crippen molar-refractivity contribution in [1.29, 1.82) is 0 Å². The van der Waals surface area contributed by atoms with E-state index in [1.165, 1.54) is 0 Å². The largest absolute Gasteiger partial charge is 0.370 e. The zero-order valence-corrected chi connectivity index (χ0v) is 8.19. The average Bonchev–Trinajstić information content (AvgIpc) is 2.34. The Balaban J connectivity index is 2.58. The van der Waals surface area contributed by atoms with Gasteiger partial charge in [0.15, 0.2) is 0 Å². The first-order chi connectivity index (χ1) is 6.09. The molecule has 0 radical (unpaired) electrons. The minimum absolute atomic E-state index is 0.353. The van der Waals surface area contributed by atoms with Crippen LogP contribution in [0.15, 0.2) is 11.9 Å². The molecule has 0 amide bonds. The molecule has 1 aliphatic rings. The van der Waals surface area contributed by atoms with E-state index in [-0.39, 0.29) is 4.92 Å². The lowest BCUT2D eigenvalue weighted by atomic mass is 10.2. The van der Waals surface area contributed by atoms with E-state index in [2.05, 4.69) is 18.7 Å². The third-order valence-corrected chi connectivity index (χ3v) is 2.11. The van der Waals surface area contributed by atoms with E-state index in [0.29, 0.717) is 5.92 Å². The standard InChI is InChI=1S/C9H16N2O2/c1-8(2)6-10-5-3-4-9(10)7-11(12)13/h7-8H,3-6H2,1-2H3. The SMILES string of the molecule is CC(C)CN1CCCC1=C[N+](=O)[O-]. The number of rotatable bonds is 3. The van der Waals surface area contributed by atoms with E-state index in [4.69, 9.17) is 0 Å². The van der Waals surface area contributed by atoms with E-state index in [9.17, 15) is 10.1 Å². The van der Waals surface area contributed by atoms with Gasteiger partial charge in [-0.1, -0.05) is 13.8 Å². The molecule has 0 aromatic rings. The van der Waals surface area contributed by atoms with Crippen LogP contribution >= 0.6 is 0 Å². The van der Waals surface area contributed by atoms with Crippen molar-refractivity contribution in [3.05, 3.63) is 22.0 Å². The average molecular weight is 184 g/mol. The highest BCUT2D eigenvalue weighted by Crippen LogP contribution is 2.21. The molecule has 0 spiro atoms. The Bertz CT molecular complexity index is 224. The molecule has 13 heavy (non-hydrogen) atoms. The van der Waals surface area contributed by atoms with Crippen molar-refractivity contribution in [2.75, 3.05) is 13.1 Å². The van der Waals surface area contributed by atoms with E-state index in [1.807, 2.05) is 0 Å². The van der Waals surface area contributed by atoms with Gasteiger partial charge < -0.3 is 4.90 Å². The third kappa shape index (κ3) is 3.05. The summed E-state index contributed by atoms with van der Waals surface area (Å²) in [6.07, 6.45) is 3.05. The highest BCUT2D eigenvalue weighted by Gasteiger charge is 2.20. The fourth-order valence-electron chi connectivity index (χ4n) is 1.67. The summed E-state index contributed by atoms with van der Waals surface area (Å²) in [5.41, 5.74) is 0.888. The first-order valence-corrected chi connectivity index (χ1v) is 4.68. The molecule has 1 rings (SSSR count). The molecule has 0 aliphatic carbocycles. The van der Waals surface area contributed by atoms with Crippen LogP contribution in [0.3, 0.4) is 0 Å². The summed E-state index contributed by atoms with van der Waals surface area (Å²) in [5.74, 6) is 0.563. The quantitative estimate of drug-likeness (QED) is 0.496. The summed E-state index contributed by atoms with van der Waals surface area (Å²) in [5, 5.41) is 10.3. The van der Waals surface area contributed by atoms with E-state index < -0.39 is 0 Å². The predicted octanol–water partition coefficient (Wildman–Crippen LogP) is 1.86. The molecule has 0 unspecified atom stereocenters. The fourth-order valence-corrected chi connectivity index (χ4v) is 1.67. The first kappa shape index (κ1) is 10.0. The molecule has 0 aromatic carbocycles. The van der Waals surface area contributed by atoms with E-state index >= 15 is 0 Å². The van der Waals surface area contributed by atoms with Crippen LogP contribution in [0.25, 0.3) is 0 Å². The molecular weight excluding hydrogens is 168 g/mol. The Morgan fingerprint density at radius 3 is 2.92 bits per heavy atom. The van der Waals surface area contributed by atoms with Gasteiger partial charge in [0.1, 0.15) is 0 Å². The van der Waals surface area contributed by atoms with Crippen molar-refractivity contribution in [1.82, 2.24) is 4.90 Å². The maximum atomic E-state index is 10.3. The van der Waals surface area contributed by atoms with Crippen molar-refractivity contribution < 1.29 is 4.92 Å². The third-order valence-electron chi connectivity index (χ3n) is 2.11. The van der Waals surface area contributed by atoms with Gasteiger partial charge in [0.05, 0.1) is 10.6 Å². The van der Waals surface area contributed by atoms with Crippen LogP contribution in [-0.2, 0) is 0 Å². The number of hydrogen-bond acceptors (Lipinski definition) is 3. The number of hydrogen-bond donors (Lipinski definition) is 0. The molecule has 1 aliphatic heterocycles. The van der Waals surface area contributed by atoms with Gasteiger partial charge in [-0.25, -0.2) is 0 Å². The van der Waals surface area contributed by atoms with Gasteiger partial charge in [-0.2, -0.15) is 0 Å². The van der Waals surface area contributed by atoms with Crippen molar-refractivity contribution in [2.45, 2.75) is 26.7 Å². The van der Waals surface area contributed by atoms with Crippen LogP contribution in [0.1, 0.15) is 26.7 Å². The first-order valence-electron chi connectivity index (χ1n) is 4.68. The summed E-state index contributed by atoms with van der Waals surface area (Å²) >= 11 is 0. The van der Waals surface area contributed by atoms with Crippen LogP contribution in [0.2, 0.25) is 0 Å². The second kappa shape index (κ2) is 4.25. The van der Waals surface area contributed by atoms with Crippen molar-refractivity contribution in [3.8, 4) is 0 Å². The molecule has 0 N–H and O–H groups in total. The van der Waals surface area contributed by atoms with Gasteiger partial charge in [-0.15, -0.1) is 0 Å². The number of nitro groups is 1.